The van der Waals surface area contributed by atoms with Crippen LogP contribution in [0.15, 0.2) is 48.6 Å². The molecule has 0 aromatic heterocycles. The Morgan fingerprint density at radius 3 is 0.725 bits per heavy atom. The van der Waals surface area contributed by atoms with Gasteiger partial charge in [0.05, 0.1) is 0 Å². The number of ketones is 8. The third-order valence-corrected chi connectivity index (χ3v) is 8.95. The first-order valence-electron chi connectivity index (χ1n) is 24.5. The van der Waals surface area contributed by atoms with Crippen LogP contribution in [-0.2, 0) is 115 Å². The number of allylic oxidation sites excluding steroid dienone is 4. The van der Waals surface area contributed by atoms with Crippen LogP contribution < -0.4 is 0 Å². The van der Waals surface area contributed by atoms with Gasteiger partial charge in [-0.1, -0.05) is 83.1 Å². The van der Waals surface area contributed by atoms with Gasteiger partial charge in [-0.25, -0.2) is 38.4 Å². The number of carbonyl (C=O) groups is 16. The Labute approximate surface area is 467 Å². The number of rotatable bonds is 24. The largest absolute Gasteiger partial charge is 0.455 e. The van der Waals surface area contributed by atoms with E-state index in [9.17, 15) is 76.7 Å². The van der Waals surface area contributed by atoms with Gasteiger partial charge >= 0.3 is 47.8 Å². The molecule has 0 aliphatic rings. The summed E-state index contributed by atoms with van der Waals surface area (Å²) in [6, 6.07) is 0. The zero-order chi connectivity index (χ0) is 63.7. The van der Waals surface area contributed by atoms with Crippen molar-refractivity contribution in [2.75, 3.05) is 26.4 Å². The summed E-state index contributed by atoms with van der Waals surface area (Å²) >= 11 is 0. The second-order valence-electron chi connectivity index (χ2n) is 21.3. The van der Waals surface area contributed by atoms with E-state index in [-0.39, 0.29) is 59.5 Å². The van der Waals surface area contributed by atoms with Crippen LogP contribution >= 0.6 is 0 Å². The van der Waals surface area contributed by atoms with Gasteiger partial charge in [0.15, 0.2) is 83.9 Å². The predicted molar refractivity (Wildman–Crippen MR) is 283 cm³/mol. The predicted octanol–water partition coefficient (Wildman–Crippen LogP) is 4.89. The number of ether oxygens (including phenoxy) is 8. The molecular formula is C56H80O24. The molecular weight excluding hydrogens is 1060 g/mol. The molecule has 80 heavy (non-hydrogen) atoms. The van der Waals surface area contributed by atoms with Gasteiger partial charge in [-0.05, 0) is 79.7 Å². The van der Waals surface area contributed by atoms with Crippen molar-refractivity contribution in [2.45, 2.75) is 163 Å². The first-order chi connectivity index (χ1) is 36.1. The Bertz CT molecular complexity index is 2200. The molecule has 0 saturated carbocycles. The van der Waals surface area contributed by atoms with E-state index in [2.05, 4.69) is 28.4 Å². The van der Waals surface area contributed by atoms with Crippen molar-refractivity contribution >= 4 is 94.0 Å². The quantitative estimate of drug-likeness (QED) is 0.0705. The lowest BCUT2D eigenvalue weighted by Gasteiger charge is -2.13. The molecule has 0 amide bonds. The fraction of sp³-hybridized carbons (Fsp3) is 0.571. The van der Waals surface area contributed by atoms with E-state index in [1.54, 1.807) is 83.1 Å². The molecule has 0 aliphatic carbocycles. The van der Waals surface area contributed by atoms with E-state index >= 15 is 0 Å². The zero-order valence-electron chi connectivity index (χ0n) is 49.6. The molecule has 0 saturated heterocycles. The van der Waals surface area contributed by atoms with Crippen molar-refractivity contribution in [3.8, 4) is 0 Å². The second kappa shape index (κ2) is 37.8. The molecule has 0 fully saturated rings. The maximum atomic E-state index is 11.5. The molecule has 0 rings (SSSR count). The van der Waals surface area contributed by atoms with Crippen LogP contribution in [0.1, 0.15) is 138 Å². The summed E-state index contributed by atoms with van der Waals surface area (Å²) in [5.74, 6) is -8.75. The summed E-state index contributed by atoms with van der Waals surface area (Å²) in [5.41, 5.74) is -2.37. The van der Waals surface area contributed by atoms with Crippen molar-refractivity contribution in [1.29, 1.82) is 0 Å². The van der Waals surface area contributed by atoms with Gasteiger partial charge in [0.2, 0.25) is 0 Å². The molecule has 0 radical (unpaired) electrons. The van der Waals surface area contributed by atoms with E-state index in [4.69, 9.17) is 9.47 Å². The highest BCUT2D eigenvalue weighted by atomic mass is 16.6. The molecule has 0 aromatic carbocycles. The molecule has 0 aliphatic heterocycles. The highest BCUT2D eigenvalue weighted by molar-refractivity contribution is 6.01. The van der Waals surface area contributed by atoms with Gasteiger partial charge in [0, 0.05) is 46.0 Å². The molecule has 4 atom stereocenters. The number of hydrogen-bond donors (Lipinski definition) is 0. The Kier molecular flexibility index (Phi) is 37.1. The topological polar surface area (TPSA) is 347 Å². The average molecular weight is 1140 g/mol. The maximum Gasteiger partial charge on any atom is 0.347 e. The Morgan fingerprint density at radius 1 is 0.300 bits per heavy atom. The van der Waals surface area contributed by atoms with Crippen molar-refractivity contribution < 1.29 is 115 Å². The van der Waals surface area contributed by atoms with E-state index in [1.807, 2.05) is 0 Å². The molecule has 0 spiro atoms. The third kappa shape index (κ3) is 43.1. The first-order valence-corrected chi connectivity index (χ1v) is 24.5. The molecule has 4 unspecified atom stereocenters. The lowest BCUT2D eigenvalue weighted by Crippen LogP contribution is -2.27. The number of Topliss-reactive ketones (excluding diaryl/α,β-unsaturated/α-hetero) is 4. The summed E-state index contributed by atoms with van der Waals surface area (Å²) in [5, 5.41) is 0. The van der Waals surface area contributed by atoms with Gasteiger partial charge in [-0.15, -0.1) is 0 Å². The molecule has 448 valence electrons. The Balaban J connectivity index is -0.000000481. The van der Waals surface area contributed by atoms with Crippen LogP contribution in [0, 0.1) is 21.7 Å². The van der Waals surface area contributed by atoms with E-state index in [1.165, 1.54) is 55.4 Å². The monoisotopic (exact) mass is 1140 g/mol. The minimum absolute atomic E-state index is 0.234. The molecule has 0 bridgehead atoms. The smallest absolute Gasteiger partial charge is 0.347 e. The standard InChI is InChI=1S/4C14H20O6/c2*1-9(15)10(2)20-13(18)8-19-12(17)7-6-11(16)14(3,4)5;2*1-9(15)8-19-13(18)10(2)20-12(17)7-6-11(16)14(3,4)5/h4*6-7,10H,8H2,1-5H3/b7-6+;7-6-;7-6+;7-6-. The van der Waals surface area contributed by atoms with Crippen LogP contribution in [0.3, 0.4) is 0 Å². The van der Waals surface area contributed by atoms with Gasteiger partial charge in [0.25, 0.3) is 0 Å². The summed E-state index contributed by atoms with van der Waals surface area (Å²) in [6.45, 7) is 29.2. The number of carbonyl (C=O) groups excluding carboxylic acids is 16. The molecule has 0 aromatic rings. The molecule has 0 heterocycles. The summed E-state index contributed by atoms with van der Waals surface area (Å²) < 4.78 is 37.2. The zero-order valence-corrected chi connectivity index (χ0v) is 49.6. The van der Waals surface area contributed by atoms with Crippen molar-refractivity contribution in [1.82, 2.24) is 0 Å². The van der Waals surface area contributed by atoms with Crippen LogP contribution in [0.5, 0.6) is 0 Å². The van der Waals surface area contributed by atoms with Gasteiger partial charge < -0.3 is 37.9 Å². The number of hydrogen-bond acceptors (Lipinski definition) is 24. The Morgan fingerprint density at radius 2 is 0.525 bits per heavy atom. The summed E-state index contributed by atoms with van der Waals surface area (Å²) in [6.07, 6.45) is 4.21. The fourth-order valence-electron chi connectivity index (χ4n) is 3.66. The molecule has 24 heteroatoms. The van der Waals surface area contributed by atoms with Crippen LogP contribution in [0.2, 0.25) is 0 Å². The van der Waals surface area contributed by atoms with E-state index < -0.39 is 107 Å². The second-order valence-corrected chi connectivity index (χ2v) is 21.3. The number of esters is 8. The minimum atomic E-state index is -1.14. The average Bonchev–Trinajstić information content (AvgIpc) is 3.31. The first kappa shape index (κ1) is 78.6. The van der Waals surface area contributed by atoms with Gasteiger partial charge in [0.1, 0.15) is 13.2 Å². The molecule has 0 N–H and O–H groups in total. The van der Waals surface area contributed by atoms with E-state index in [0.29, 0.717) is 0 Å². The fourth-order valence-corrected chi connectivity index (χ4v) is 3.66. The van der Waals surface area contributed by atoms with Crippen LogP contribution in [0.4, 0.5) is 0 Å². The minimum Gasteiger partial charge on any atom is -0.455 e. The van der Waals surface area contributed by atoms with Crippen molar-refractivity contribution in [3.63, 3.8) is 0 Å². The summed E-state index contributed by atoms with van der Waals surface area (Å²) in [4.78, 5) is 179. The lowest BCUT2D eigenvalue weighted by atomic mass is 9.91. The highest BCUT2D eigenvalue weighted by Gasteiger charge is 2.24. The van der Waals surface area contributed by atoms with Crippen molar-refractivity contribution in [3.05, 3.63) is 48.6 Å². The lowest BCUT2D eigenvalue weighted by molar-refractivity contribution is -0.164. The van der Waals surface area contributed by atoms with E-state index in [0.717, 1.165) is 48.6 Å². The van der Waals surface area contributed by atoms with Crippen LogP contribution in [0.25, 0.3) is 0 Å². The summed E-state index contributed by atoms with van der Waals surface area (Å²) in [7, 11) is 0. The highest BCUT2D eigenvalue weighted by Crippen LogP contribution is 2.17. The van der Waals surface area contributed by atoms with Crippen LogP contribution in [-0.4, -0.2) is 145 Å². The maximum absolute atomic E-state index is 11.5. The van der Waals surface area contributed by atoms with Gasteiger partial charge in [-0.3, -0.25) is 38.4 Å². The third-order valence-electron chi connectivity index (χ3n) is 8.95. The van der Waals surface area contributed by atoms with Crippen molar-refractivity contribution in [2.24, 2.45) is 21.7 Å². The molecule has 24 nitrogen and oxygen atoms in total. The SMILES string of the molecule is CC(=O)C(C)OC(=O)COC(=O)/C=C/C(=O)C(C)(C)C.CC(=O)C(C)OC(=O)COC(=O)/C=C\C(=O)C(C)(C)C.CC(=O)COC(=O)C(C)OC(=O)/C=C/C(=O)C(C)(C)C.CC(=O)COC(=O)C(C)OC(=O)/C=C\C(=O)C(C)(C)C. The Hall–Kier alpha value is -7.92. The van der Waals surface area contributed by atoms with Gasteiger partial charge in [-0.2, -0.15) is 0 Å². The normalized spacial score (nSPS) is 12.8.